The van der Waals surface area contributed by atoms with Crippen molar-refractivity contribution in [1.29, 1.82) is 0 Å². The maximum atomic E-state index is 10.9. The molecule has 20 heavy (non-hydrogen) atoms. The van der Waals surface area contributed by atoms with Crippen LogP contribution in [0.3, 0.4) is 0 Å². The third-order valence-corrected chi connectivity index (χ3v) is 3.88. The predicted molar refractivity (Wildman–Crippen MR) is 80.4 cm³/mol. The molecule has 2 unspecified atom stereocenters. The monoisotopic (exact) mass is 276 g/mol. The number of hydrogen-bond acceptors (Lipinski definition) is 3. The minimum Gasteiger partial charge on any atom is -0.393 e. The van der Waals surface area contributed by atoms with Crippen LogP contribution in [-0.2, 0) is 11.3 Å². The first-order valence-corrected chi connectivity index (χ1v) is 7.40. The van der Waals surface area contributed by atoms with Crippen molar-refractivity contribution in [3.8, 4) is 0 Å². The third-order valence-electron chi connectivity index (χ3n) is 3.88. The molecule has 2 atom stereocenters. The van der Waals surface area contributed by atoms with Crippen molar-refractivity contribution in [2.45, 2.75) is 45.3 Å². The van der Waals surface area contributed by atoms with Crippen LogP contribution in [0.15, 0.2) is 24.3 Å². The first-order valence-electron chi connectivity index (χ1n) is 7.40. The molecule has 0 saturated heterocycles. The number of nitrogens with one attached hydrogen (secondary N) is 2. The lowest BCUT2D eigenvalue weighted by Gasteiger charge is -2.27. The maximum absolute atomic E-state index is 10.9. The first kappa shape index (κ1) is 15.0. The van der Waals surface area contributed by atoms with Gasteiger partial charge in [0.1, 0.15) is 0 Å². The largest absolute Gasteiger partial charge is 0.393 e. The molecule has 0 aromatic heterocycles. The standard InChI is InChI=1S/C16H24N2O2/c1-12(19)18-15-8-6-13(7-9-15)10-17-11-14-4-2-3-5-16(14)20/h6-9,14,16-17,20H,2-5,10-11H2,1H3,(H,18,19). The molecule has 4 heteroatoms. The van der Waals surface area contributed by atoms with Crippen LogP contribution in [0, 0.1) is 5.92 Å². The second kappa shape index (κ2) is 7.41. The van der Waals surface area contributed by atoms with Crippen molar-refractivity contribution in [3.63, 3.8) is 0 Å². The van der Waals surface area contributed by atoms with Crippen LogP contribution in [-0.4, -0.2) is 23.7 Å². The Bertz CT molecular complexity index is 431. The van der Waals surface area contributed by atoms with Crippen molar-refractivity contribution < 1.29 is 9.90 Å². The van der Waals surface area contributed by atoms with E-state index in [1.165, 1.54) is 18.9 Å². The van der Waals surface area contributed by atoms with E-state index in [0.29, 0.717) is 5.92 Å². The molecule has 1 aliphatic rings. The molecule has 0 radical (unpaired) electrons. The zero-order chi connectivity index (χ0) is 14.4. The number of anilines is 1. The molecular weight excluding hydrogens is 252 g/mol. The van der Waals surface area contributed by atoms with Crippen LogP contribution in [0.5, 0.6) is 0 Å². The Kier molecular flexibility index (Phi) is 5.56. The fourth-order valence-electron chi connectivity index (χ4n) is 2.74. The molecule has 0 bridgehead atoms. The summed E-state index contributed by atoms with van der Waals surface area (Å²) in [6, 6.07) is 7.84. The SMILES string of the molecule is CC(=O)Nc1ccc(CNCC2CCCCC2O)cc1. The summed E-state index contributed by atoms with van der Waals surface area (Å²) >= 11 is 0. The van der Waals surface area contributed by atoms with Gasteiger partial charge in [0.2, 0.25) is 5.91 Å². The zero-order valence-electron chi connectivity index (χ0n) is 12.1. The molecule has 0 heterocycles. The lowest BCUT2D eigenvalue weighted by molar-refractivity contribution is -0.114. The van der Waals surface area contributed by atoms with E-state index in [4.69, 9.17) is 0 Å². The van der Waals surface area contributed by atoms with Crippen LogP contribution >= 0.6 is 0 Å². The number of rotatable bonds is 5. The van der Waals surface area contributed by atoms with Gasteiger partial charge in [-0.1, -0.05) is 25.0 Å². The summed E-state index contributed by atoms with van der Waals surface area (Å²) < 4.78 is 0. The van der Waals surface area contributed by atoms with Gasteiger partial charge in [-0.05, 0) is 36.5 Å². The predicted octanol–water partition coefficient (Wildman–Crippen LogP) is 2.29. The van der Waals surface area contributed by atoms with Crippen LogP contribution in [0.25, 0.3) is 0 Å². The number of amides is 1. The number of carbonyl (C=O) groups excluding carboxylic acids is 1. The van der Waals surface area contributed by atoms with E-state index in [2.05, 4.69) is 10.6 Å². The van der Waals surface area contributed by atoms with Crippen LogP contribution < -0.4 is 10.6 Å². The van der Waals surface area contributed by atoms with Crippen molar-refractivity contribution in [2.75, 3.05) is 11.9 Å². The van der Waals surface area contributed by atoms with Gasteiger partial charge in [0, 0.05) is 25.7 Å². The summed E-state index contributed by atoms with van der Waals surface area (Å²) in [5.41, 5.74) is 2.01. The van der Waals surface area contributed by atoms with Gasteiger partial charge < -0.3 is 15.7 Å². The topological polar surface area (TPSA) is 61.4 Å². The summed E-state index contributed by atoms with van der Waals surface area (Å²) in [5, 5.41) is 16.1. The summed E-state index contributed by atoms with van der Waals surface area (Å²) in [5.74, 6) is 0.338. The van der Waals surface area contributed by atoms with E-state index in [-0.39, 0.29) is 12.0 Å². The molecule has 110 valence electrons. The van der Waals surface area contributed by atoms with E-state index < -0.39 is 0 Å². The number of carbonyl (C=O) groups is 1. The van der Waals surface area contributed by atoms with Crippen molar-refractivity contribution >= 4 is 11.6 Å². The van der Waals surface area contributed by atoms with Gasteiger partial charge in [-0.15, -0.1) is 0 Å². The van der Waals surface area contributed by atoms with Crippen LogP contribution in [0.1, 0.15) is 38.2 Å². The molecule has 1 amide bonds. The maximum Gasteiger partial charge on any atom is 0.221 e. The van der Waals surface area contributed by atoms with E-state index >= 15 is 0 Å². The second-order valence-electron chi connectivity index (χ2n) is 5.62. The molecular formula is C16H24N2O2. The Morgan fingerprint density at radius 1 is 1.25 bits per heavy atom. The Morgan fingerprint density at radius 2 is 1.95 bits per heavy atom. The minimum absolute atomic E-state index is 0.0536. The lowest BCUT2D eigenvalue weighted by Crippen LogP contribution is -2.33. The summed E-state index contributed by atoms with van der Waals surface area (Å²) in [7, 11) is 0. The first-order chi connectivity index (χ1) is 9.65. The van der Waals surface area contributed by atoms with Gasteiger partial charge in [-0.2, -0.15) is 0 Å². The molecule has 3 N–H and O–H groups in total. The third kappa shape index (κ3) is 4.62. The molecule has 4 nitrogen and oxygen atoms in total. The van der Waals surface area contributed by atoms with Gasteiger partial charge >= 0.3 is 0 Å². The number of hydrogen-bond donors (Lipinski definition) is 3. The van der Waals surface area contributed by atoms with E-state index in [1.54, 1.807) is 0 Å². The van der Waals surface area contributed by atoms with E-state index in [1.807, 2.05) is 24.3 Å². The van der Waals surface area contributed by atoms with Gasteiger partial charge in [-0.3, -0.25) is 4.79 Å². The molecule has 1 aromatic carbocycles. The molecule has 2 rings (SSSR count). The highest BCUT2D eigenvalue weighted by molar-refractivity contribution is 5.88. The van der Waals surface area contributed by atoms with Crippen LogP contribution in [0.2, 0.25) is 0 Å². The normalized spacial score (nSPS) is 22.5. The molecule has 0 aliphatic heterocycles. The summed E-state index contributed by atoms with van der Waals surface area (Å²) in [6.45, 7) is 3.17. The fraction of sp³-hybridized carbons (Fsp3) is 0.562. The molecule has 1 aromatic rings. The summed E-state index contributed by atoms with van der Waals surface area (Å²) in [4.78, 5) is 10.9. The van der Waals surface area contributed by atoms with Gasteiger partial charge in [-0.25, -0.2) is 0 Å². The highest BCUT2D eigenvalue weighted by Gasteiger charge is 2.22. The zero-order valence-corrected chi connectivity index (χ0v) is 12.1. The summed E-state index contributed by atoms with van der Waals surface area (Å²) in [6.07, 6.45) is 4.31. The second-order valence-corrected chi connectivity index (χ2v) is 5.62. The Labute approximate surface area is 120 Å². The van der Waals surface area contributed by atoms with Crippen LogP contribution in [0.4, 0.5) is 5.69 Å². The van der Waals surface area contributed by atoms with Gasteiger partial charge in [0.05, 0.1) is 6.10 Å². The highest BCUT2D eigenvalue weighted by Crippen LogP contribution is 2.23. The van der Waals surface area contributed by atoms with Crippen molar-refractivity contribution in [1.82, 2.24) is 5.32 Å². The molecule has 1 fully saturated rings. The fourth-order valence-corrected chi connectivity index (χ4v) is 2.74. The number of aliphatic hydroxyl groups excluding tert-OH is 1. The number of benzene rings is 1. The van der Waals surface area contributed by atoms with Gasteiger partial charge in [0.25, 0.3) is 0 Å². The smallest absolute Gasteiger partial charge is 0.221 e. The van der Waals surface area contributed by atoms with Crippen molar-refractivity contribution in [3.05, 3.63) is 29.8 Å². The molecule has 1 saturated carbocycles. The minimum atomic E-state index is -0.140. The Hall–Kier alpha value is -1.39. The van der Waals surface area contributed by atoms with E-state index in [0.717, 1.165) is 38.0 Å². The Balaban J connectivity index is 1.74. The van der Waals surface area contributed by atoms with Crippen molar-refractivity contribution in [2.24, 2.45) is 5.92 Å². The molecule has 1 aliphatic carbocycles. The quantitative estimate of drug-likeness (QED) is 0.773. The van der Waals surface area contributed by atoms with E-state index in [9.17, 15) is 9.90 Å². The van der Waals surface area contributed by atoms with Gasteiger partial charge in [0.15, 0.2) is 0 Å². The lowest BCUT2D eigenvalue weighted by atomic mass is 9.86. The average Bonchev–Trinajstić information content (AvgIpc) is 2.42. The number of aliphatic hydroxyl groups is 1. The highest BCUT2D eigenvalue weighted by atomic mass is 16.3. The average molecular weight is 276 g/mol. The molecule has 0 spiro atoms. The Morgan fingerprint density at radius 3 is 2.60 bits per heavy atom.